The molecule has 0 amide bonds. The highest BCUT2D eigenvalue weighted by Gasteiger charge is 2.39. The number of likely N-dealkylation sites (tertiary alicyclic amines) is 1. The van der Waals surface area contributed by atoms with Gasteiger partial charge in [-0.3, -0.25) is 0 Å². The second-order valence-electron chi connectivity index (χ2n) is 3.56. The minimum Gasteiger partial charge on any atom is -0.479 e. The molecule has 0 spiro atoms. The van der Waals surface area contributed by atoms with Crippen LogP contribution in [-0.2, 0) is 4.79 Å². The lowest BCUT2D eigenvalue weighted by Crippen LogP contribution is -2.35. The van der Waals surface area contributed by atoms with Gasteiger partial charge in [0.1, 0.15) is 0 Å². The molecule has 1 heterocycles. The average Bonchev–Trinajstić information content (AvgIpc) is 2.28. The molecule has 1 fully saturated rings. The van der Waals surface area contributed by atoms with Crippen LogP contribution in [0.2, 0.25) is 0 Å². The maximum atomic E-state index is 13.6. The molecule has 1 atom stereocenters. The molecular formula is C9H16FNO2. The van der Waals surface area contributed by atoms with Crippen molar-refractivity contribution in [3.05, 3.63) is 0 Å². The van der Waals surface area contributed by atoms with E-state index in [1.165, 1.54) is 0 Å². The quantitative estimate of drug-likeness (QED) is 0.711. The molecule has 1 unspecified atom stereocenters. The normalized spacial score (nSPS) is 31.2. The number of halogens is 1. The Bertz CT molecular complexity index is 198. The van der Waals surface area contributed by atoms with E-state index in [0.29, 0.717) is 13.0 Å². The number of rotatable bonds is 2. The highest BCUT2D eigenvalue weighted by Crippen LogP contribution is 2.26. The Balaban J connectivity index is 2.58. The zero-order chi connectivity index (χ0) is 9.90. The van der Waals surface area contributed by atoms with Crippen molar-refractivity contribution in [2.45, 2.75) is 31.9 Å². The number of carboxylic acids is 1. The largest absolute Gasteiger partial charge is 0.479 e. The van der Waals surface area contributed by atoms with Crippen LogP contribution < -0.4 is 0 Å². The molecule has 13 heavy (non-hydrogen) atoms. The van der Waals surface area contributed by atoms with Crippen molar-refractivity contribution in [2.75, 3.05) is 19.6 Å². The predicted molar refractivity (Wildman–Crippen MR) is 47.4 cm³/mol. The van der Waals surface area contributed by atoms with Gasteiger partial charge in [0, 0.05) is 13.0 Å². The third-order valence-electron chi connectivity index (χ3n) is 2.70. The Morgan fingerprint density at radius 3 is 2.77 bits per heavy atom. The summed E-state index contributed by atoms with van der Waals surface area (Å²) in [5.41, 5.74) is -1.98. The standard InChI is InChI=1S/C9H16FNO2/c1-2-11-6-3-4-9(10,5-7-11)8(12)13/h2-7H2,1H3,(H,12,13). The van der Waals surface area contributed by atoms with Crippen molar-refractivity contribution < 1.29 is 14.3 Å². The number of hydrogen-bond acceptors (Lipinski definition) is 2. The molecule has 0 radical (unpaired) electrons. The van der Waals surface area contributed by atoms with Gasteiger partial charge in [-0.25, -0.2) is 9.18 Å². The van der Waals surface area contributed by atoms with E-state index in [9.17, 15) is 9.18 Å². The van der Waals surface area contributed by atoms with Gasteiger partial charge in [0.05, 0.1) is 0 Å². The van der Waals surface area contributed by atoms with Gasteiger partial charge in [-0.15, -0.1) is 0 Å². The van der Waals surface area contributed by atoms with Crippen LogP contribution in [0.15, 0.2) is 0 Å². The zero-order valence-electron chi connectivity index (χ0n) is 7.92. The summed E-state index contributed by atoms with van der Waals surface area (Å²) in [5.74, 6) is -1.30. The molecule has 1 aliphatic heterocycles. The fraction of sp³-hybridized carbons (Fsp3) is 0.889. The number of carbonyl (C=O) groups is 1. The van der Waals surface area contributed by atoms with Crippen LogP contribution >= 0.6 is 0 Å². The molecule has 1 rings (SSSR count). The summed E-state index contributed by atoms with van der Waals surface area (Å²) in [6.07, 6.45) is 0.908. The smallest absolute Gasteiger partial charge is 0.341 e. The van der Waals surface area contributed by atoms with E-state index in [-0.39, 0.29) is 12.8 Å². The molecule has 0 bridgehead atoms. The van der Waals surface area contributed by atoms with Crippen LogP contribution in [-0.4, -0.2) is 41.3 Å². The fourth-order valence-corrected chi connectivity index (χ4v) is 1.69. The average molecular weight is 189 g/mol. The number of nitrogens with zero attached hydrogens (tertiary/aromatic N) is 1. The summed E-state index contributed by atoms with van der Waals surface area (Å²) in [6.45, 7) is 4.25. The molecule has 0 aromatic heterocycles. The van der Waals surface area contributed by atoms with Gasteiger partial charge in [0.15, 0.2) is 0 Å². The third-order valence-corrected chi connectivity index (χ3v) is 2.70. The first-order valence-electron chi connectivity index (χ1n) is 4.73. The number of alkyl halides is 1. The van der Waals surface area contributed by atoms with Crippen LogP contribution in [0.25, 0.3) is 0 Å². The van der Waals surface area contributed by atoms with E-state index < -0.39 is 11.6 Å². The van der Waals surface area contributed by atoms with Crippen LogP contribution in [0, 0.1) is 0 Å². The van der Waals surface area contributed by atoms with E-state index in [1.807, 2.05) is 6.92 Å². The Labute approximate surface area is 77.5 Å². The summed E-state index contributed by atoms with van der Waals surface area (Å²) in [7, 11) is 0. The number of carboxylic acid groups (broad SMARTS) is 1. The lowest BCUT2D eigenvalue weighted by atomic mass is 9.97. The second kappa shape index (κ2) is 4.05. The summed E-state index contributed by atoms with van der Waals surface area (Å²) >= 11 is 0. The van der Waals surface area contributed by atoms with E-state index in [4.69, 9.17) is 5.11 Å². The van der Waals surface area contributed by atoms with Crippen LogP contribution in [0.3, 0.4) is 0 Å². The Hall–Kier alpha value is -0.640. The van der Waals surface area contributed by atoms with Gasteiger partial charge in [-0.05, 0) is 25.9 Å². The molecule has 1 saturated heterocycles. The van der Waals surface area contributed by atoms with Gasteiger partial charge < -0.3 is 10.0 Å². The molecular weight excluding hydrogens is 173 g/mol. The predicted octanol–water partition coefficient (Wildman–Crippen LogP) is 1.29. The Morgan fingerprint density at radius 2 is 2.23 bits per heavy atom. The molecule has 0 saturated carbocycles. The van der Waals surface area contributed by atoms with Crippen molar-refractivity contribution in [3.63, 3.8) is 0 Å². The van der Waals surface area contributed by atoms with E-state index >= 15 is 0 Å². The lowest BCUT2D eigenvalue weighted by Gasteiger charge is -2.19. The molecule has 3 nitrogen and oxygen atoms in total. The van der Waals surface area contributed by atoms with Gasteiger partial charge >= 0.3 is 5.97 Å². The lowest BCUT2D eigenvalue weighted by molar-refractivity contribution is -0.151. The van der Waals surface area contributed by atoms with Crippen LogP contribution in [0.5, 0.6) is 0 Å². The van der Waals surface area contributed by atoms with Crippen molar-refractivity contribution in [1.29, 1.82) is 0 Å². The van der Waals surface area contributed by atoms with E-state index in [1.54, 1.807) is 0 Å². The Kier molecular flexibility index (Phi) is 3.25. The number of aliphatic carboxylic acids is 1. The highest BCUT2D eigenvalue weighted by molar-refractivity contribution is 5.77. The summed E-state index contributed by atoms with van der Waals surface area (Å²) < 4.78 is 13.6. The van der Waals surface area contributed by atoms with Crippen molar-refractivity contribution in [3.8, 4) is 0 Å². The Morgan fingerprint density at radius 1 is 1.54 bits per heavy atom. The minimum atomic E-state index is -1.98. The molecule has 1 aliphatic rings. The molecule has 4 heteroatoms. The first-order valence-corrected chi connectivity index (χ1v) is 4.73. The minimum absolute atomic E-state index is 0.121. The zero-order valence-corrected chi connectivity index (χ0v) is 7.92. The maximum absolute atomic E-state index is 13.6. The summed E-state index contributed by atoms with van der Waals surface area (Å²) in [6, 6.07) is 0. The number of hydrogen-bond donors (Lipinski definition) is 1. The van der Waals surface area contributed by atoms with Crippen LogP contribution in [0.1, 0.15) is 26.2 Å². The molecule has 1 N–H and O–H groups in total. The van der Waals surface area contributed by atoms with E-state index in [0.717, 1.165) is 13.1 Å². The first-order chi connectivity index (χ1) is 6.08. The maximum Gasteiger partial charge on any atom is 0.341 e. The monoisotopic (exact) mass is 189 g/mol. The van der Waals surface area contributed by atoms with Crippen molar-refractivity contribution >= 4 is 5.97 Å². The van der Waals surface area contributed by atoms with Gasteiger partial charge in [0.25, 0.3) is 0 Å². The van der Waals surface area contributed by atoms with Gasteiger partial charge in [-0.1, -0.05) is 6.92 Å². The first kappa shape index (κ1) is 10.4. The fourth-order valence-electron chi connectivity index (χ4n) is 1.69. The molecule has 0 aromatic carbocycles. The SMILES string of the molecule is CCN1CCCC(F)(C(=O)O)CC1. The topological polar surface area (TPSA) is 40.5 Å². The van der Waals surface area contributed by atoms with Gasteiger partial charge in [-0.2, -0.15) is 0 Å². The van der Waals surface area contributed by atoms with Crippen LogP contribution in [0.4, 0.5) is 4.39 Å². The third kappa shape index (κ3) is 2.40. The summed E-state index contributed by atoms with van der Waals surface area (Å²) in [5, 5.41) is 8.69. The van der Waals surface area contributed by atoms with E-state index in [2.05, 4.69) is 4.90 Å². The summed E-state index contributed by atoms with van der Waals surface area (Å²) in [4.78, 5) is 12.7. The highest BCUT2D eigenvalue weighted by atomic mass is 19.1. The molecule has 0 aliphatic carbocycles. The van der Waals surface area contributed by atoms with Crippen molar-refractivity contribution in [2.24, 2.45) is 0 Å². The second-order valence-corrected chi connectivity index (χ2v) is 3.56. The van der Waals surface area contributed by atoms with Gasteiger partial charge in [0.2, 0.25) is 5.67 Å². The molecule has 76 valence electrons. The van der Waals surface area contributed by atoms with Crippen molar-refractivity contribution in [1.82, 2.24) is 4.90 Å². The molecule has 0 aromatic rings.